The normalized spacial score (nSPS) is 16.6. The Balaban J connectivity index is 1.90. The molecule has 10 heteroatoms. The average molecular weight is 448 g/mol. The maximum atomic E-state index is 13.0. The minimum absolute atomic E-state index is 0.0119. The van der Waals surface area contributed by atoms with Crippen LogP contribution in [0.1, 0.15) is 37.3 Å². The Morgan fingerprint density at radius 2 is 1.87 bits per heavy atom. The summed E-state index contributed by atoms with van der Waals surface area (Å²) in [5.74, 6) is 1.79. The highest BCUT2D eigenvalue weighted by Gasteiger charge is 2.31. The van der Waals surface area contributed by atoms with Crippen molar-refractivity contribution in [3.63, 3.8) is 0 Å². The van der Waals surface area contributed by atoms with Gasteiger partial charge in [0.25, 0.3) is 0 Å². The van der Waals surface area contributed by atoms with Crippen LogP contribution < -0.4 is 9.64 Å². The summed E-state index contributed by atoms with van der Waals surface area (Å²) in [7, 11) is 3.07. The van der Waals surface area contributed by atoms with E-state index in [1.165, 1.54) is 30.6 Å². The van der Waals surface area contributed by atoms with E-state index in [4.69, 9.17) is 4.74 Å². The molecule has 1 amide bonds. The molecule has 1 aliphatic heterocycles. The zero-order chi connectivity index (χ0) is 22.8. The van der Waals surface area contributed by atoms with Crippen LogP contribution in [0.3, 0.4) is 0 Å². The number of methoxy groups -OCH3 is 1. The lowest BCUT2D eigenvalue weighted by molar-refractivity contribution is -0.129. The fraction of sp³-hybridized carbons (Fsp3) is 0.476. The first-order valence-corrected chi connectivity index (χ1v) is 11.5. The number of ether oxygens (including phenoxy) is 1. The SMILES string of the molecule is COc1ccc(S(=O)(=O)N(C)Cc2cc(N(C)C)nc([C@H]3CCCN3C(C)=O)n2)cc1. The van der Waals surface area contributed by atoms with E-state index >= 15 is 0 Å². The molecule has 0 aliphatic carbocycles. The maximum absolute atomic E-state index is 13.0. The second kappa shape index (κ2) is 9.19. The van der Waals surface area contributed by atoms with Gasteiger partial charge in [-0.2, -0.15) is 4.31 Å². The van der Waals surface area contributed by atoms with Gasteiger partial charge < -0.3 is 14.5 Å². The van der Waals surface area contributed by atoms with Gasteiger partial charge in [-0.15, -0.1) is 0 Å². The van der Waals surface area contributed by atoms with E-state index < -0.39 is 10.0 Å². The van der Waals surface area contributed by atoms with Gasteiger partial charge in [0.15, 0.2) is 5.82 Å². The van der Waals surface area contributed by atoms with E-state index in [1.807, 2.05) is 19.0 Å². The molecule has 0 unspecified atom stereocenters. The Labute approximate surface area is 183 Å². The number of anilines is 1. The van der Waals surface area contributed by atoms with Crippen LogP contribution in [0.15, 0.2) is 35.2 Å². The third-order valence-corrected chi connectivity index (χ3v) is 7.17. The molecule has 2 aromatic rings. The largest absolute Gasteiger partial charge is 0.497 e. The molecular formula is C21H29N5O4S. The van der Waals surface area contributed by atoms with Crippen LogP contribution in [-0.2, 0) is 21.4 Å². The summed E-state index contributed by atoms with van der Waals surface area (Å²) >= 11 is 0. The highest BCUT2D eigenvalue weighted by Crippen LogP contribution is 2.31. The molecule has 2 heterocycles. The first-order chi connectivity index (χ1) is 14.6. The molecule has 1 aromatic heterocycles. The van der Waals surface area contributed by atoms with Crippen molar-refractivity contribution in [2.75, 3.05) is 39.7 Å². The monoisotopic (exact) mass is 447 g/mol. The summed E-state index contributed by atoms with van der Waals surface area (Å²) in [6.45, 7) is 2.30. The summed E-state index contributed by atoms with van der Waals surface area (Å²) in [4.78, 5) is 25.1. The zero-order valence-corrected chi connectivity index (χ0v) is 19.4. The Bertz CT molecular complexity index is 1040. The third kappa shape index (κ3) is 4.96. The molecule has 3 rings (SSSR count). The molecule has 0 spiro atoms. The van der Waals surface area contributed by atoms with Crippen molar-refractivity contribution in [3.8, 4) is 5.75 Å². The van der Waals surface area contributed by atoms with Crippen LogP contribution in [0.4, 0.5) is 5.82 Å². The second-order valence-corrected chi connectivity index (χ2v) is 9.82. The predicted octanol–water partition coefficient (Wildman–Crippen LogP) is 2.06. The van der Waals surface area contributed by atoms with E-state index in [-0.39, 0.29) is 23.4 Å². The smallest absolute Gasteiger partial charge is 0.243 e. The molecule has 9 nitrogen and oxygen atoms in total. The van der Waals surface area contributed by atoms with E-state index in [0.29, 0.717) is 29.6 Å². The molecule has 31 heavy (non-hydrogen) atoms. The number of carbonyl (C=O) groups is 1. The molecule has 0 N–H and O–H groups in total. The average Bonchev–Trinajstić information content (AvgIpc) is 3.24. The third-order valence-electron chi connectivity index (χ3n) is 5.35. The summed E-state index contributed by atoms with van der Waals surface area (Å²) < 4.78 is 32.4. The van der Waals surface area contributed by atoms with Crippen LogP contribution in [0.5, 0.6) is 5.75 Å². The van der Waals surface area contributed by atoms with Crippen molar-refractivity contribution in [2.45, 2.75) is 37.2 Å². The standard InChI is InChI=1S/C21H29N5O4S/c1-15(27)26-12-6-7-19(26)21-22-16(13-20(23-21)24(2)3)14-25(4)31(28,29)18-10-8-17(30-5)9-11-18/h8-11,13,19H,6-7,12,14H2,1-5H3/t19-/m1/s1. The summed E-state index contributed by atoms with van der Waals surface area (Å²) in [6, 6.07) is 7.85. The molecule has 1 aromatic carbocycles. The van der Waals surface area contributed by atoms with Crippen LogP contribution in [0, 0.1) is 0 Å². The van der Waals surface area contributed by atoms with Gasteiger partial charge in [0, 0.05) is 40.7 Å². The minimum atomic E-state index is -3.71. The van der Waals surface area contributed by atoms with Crippen LogP contribution >= 0.6 is 0 Å². The van der Waals surface area contributed by atoms with Gasteiger partial charge in [0.2, 0.25) is 15.9 Å². The summed E-state index contributed by atoms with van der Waals surface area (Å²) in [5.41, 5.74) is 0.573. The lowest BCUT2D eigenvalue weighted by Crippen LogP contribution is -2.31. The Morgan fingerprint density at radius 3 is 2.45 bits per heavy atom. The molecular weight excluding hydrogens is 418 g/mol. The molecule has 1 fully saturated rings. The van der Waals surface area contributed by atoms with Crippen LogP contribution in [0.25, 0.3) is 0 Å². The molecule has 0 saturated carbocycles. The molecule has 1 atom stereocenters. The molecule has 0 radical (unpaired) electrons. The van der Waals surface area contributed by atoms with E-state index in [2.05, 4.69) is 9.97 Å². The lowest BCUT2D eigenvalue weighted by atomic mass is 10.2. The molecule has 168 valence electrons. The van der Waals surface area contributed by atoms with Gasteiger partial charge in [-0.1, -0.05) is 0 Å². The number of hydrogen-bond donors (Lipinski definition) is 0. The second-order valence-electron chi connectivity index (χ2n) is 7.78. The number of hydrogen-bond acceptors (Lipinski definition) is 7. The highest BCUT2D eigenvalue weighted by molar-refractivity contribution is 7.89. The topological polar surface area (TPSA) is 95.9 Å². The van der Waals surface area contributed by atoms with Gasteiger partial charge >= 0.3 is 0 Å². The van der Waals surface area contributed by atoms with Gasteiger partial charge in [-0.05, 0) is 37.1 Å². The Kier molecular flexibility index (Phi) is 6.80. The van der Waals surface area contributed by atoms with Crippen molar-refractivity contribution in [3.05, 3.63) is 41.9 Å². The number of aromatic nitrogens is 2. The van der Waals surface area contributed by atoms with Crippen molar-refractivity contribution in [1.82, 2.24) is 19.2 Å². The molecule has 0 bridgehead atoms. The first kappa shape index (κ1) is 23.0. The quantitative estimate of drug-likeness (QED) is 0.641. The minimum Gasteiger partial charge on any atom is -0.497 e. The van der Waals surface area contributed by atoms with Gasteiger partial charge in [0.05, 0.1) is 30.3 Å². The first-order valence-electron chi connectivity index (χ1n) is 10.1. The number of rotatable bonds is 7. The van der Waals surface area contributed by atoms with Crippen LogP contribution in [0.2, 0.25) is 0 Å². The number of likely N-dealkylation sites (tertiary alicyclic amines) is 1. The van der Waals surface area contributed by atoms with Crippen molar-refractivity contribution < 1.29 is 17.9 Å². The van der Waals surface area contributed by atoms with E-state index in [0.717, 1.165) is 12.8 Å². The summed E-state index contributed by atoms with van der Waals surface area (Å²) in [5, 5.41) is 0. The number of amides is 1. The van der Waals surface area contributed by atoms with Crippen LogP contribution in [-0.4, -0.2) is 68.3 Å². The van der Waals surface area contributed by atoms with E-state index in [1.54, 1.807) is 30.0 Å². The zero-order valence-electron chi connectivity index (χ0n) is 18.6. The number of nitrogens with zero attached hydrogens (tertiary/aromatic N) is 5. The van der Waals surface area contributed by atoms with Gasteiger partial charge in [-0.3, -0.25) is 4.79 Å². The lowest BCUT2D eigenvalue weighted by Gasteiger charge is -2.24. The number of benzene rings is 1. The summed E-state index contributed by atoms with van der Waals surface area (Å²) in [6.07, 6.45) is 1.68. The highest BCUT2D eigenvalue weighted by atomic mass is 32.2. The Morgan fingerprint density at radius 1 is 1.19 bits per heavy atom. The van der Waals surface area contributed by atoms with E-state index in [9.17, 15) is 13.2 Å². The fourth-order valence-corrected chi connectivity index (χ4v) is 4.76. The predicted molar refractivity (Wildman–Crippen MR) is 117 cm³/mol. The number of sulfonamides is 1. The van der Waals surface area contributed by atoms with Crippen molar-refractivity contribution >= 4 is 21.7 Å². The van der Waals surface area contributed by atoms with Gasteiger partial charge in [-0.25, -0.2) is 18.4 Å². The van der Waals surface area contributed by atoms with Crippen molar-refractivity contribution in [1.29, 1.82) is 0 Å². The van der Waals surface area contributed by atoms with Gasteiger partial charge in [0.1, 0.15) is 11.6 Å². The molecule has 1 aliphatic rings. The maximum Gasteiger partial charge on any atom is 0.243 e. The van der Waals surface area contributed by atoms with Crippen molar-refractivity contribution in [2.24, 2.45) is 0 Å². The fourth-order valence-electron chi connectivity index (χ4n) is 3.61. The Hall–Kier alpha value is -2.72. The number of carbonyl (C=O) groups excluding carboxylic acids is 1. The molecule has 1 saturated heterocycles.